The van der Waals surface area contributed by atoms with Crippen LogP contribution in [0.1, 0.15) is 31.5 Å². The third-order valence-electron chi connectivity index (χ3n) is 4.70. The zero-order valence-electron chi connectivity index (χ0n) is 16.5. The van der Waals surface area contributed by atoms with Crippen molar-refractivity contribution in [3.8, 4) is 5.75 Å². The summed E-state index contributed by atoms with van der Waals surface area (Å²) < 4.78 is 10.7. The number of hydrogen-bond donors (Lipinski definition) is 0. The fourth-order valence-electron chi connectivity index (χ4n) is 3.06. The van der Waals surface area contributed by atoms with Crippen LogP contribution < -0.4 is 4.74 Å². The molecule has 0 saturated carbocycles. The smallest absolute Gasteiger partial charge is 0.260 e. The van der Waals surface area contributed by atoms with Crippen LogP contribution in [0, 0.1) is 0 Å². The number of nitrogens with zero attached hydrogens (tertiary/aromatic N) is 4. The first-order valence-corrected chi connectivity index (χ1v) is 10.2. The van der Waals surface area contributed by atoms with E-state index in [1.807, 2.05) is 6.92 Å². The molecule has 0 N–H and O–H groups in total. The van der Waals surface area contributed by atoms with Gasteiger partial charge < -0.3 is 19.1 Å². The number of halogens is 1. The number of benzene rings is 1. The van der Waals surface area contributed by atoms with Gasteiger partial charge in [0.25, 0.3) is 5.91 Å². The van der Waals surface area contributed by atoms with Gasteiger partial charge in [-0.15, -0.1) is 0 Å². The van der Waals surface area contributed by atoms with Gasteiger partial charge in [0.1, 0.15) is 5.75 Å². The Balaban J connectivity index is 1.37. The number of piperazine rings is 1. The van der Waals surface area contributed by atoms with Crippen molar-refractivity contribution in [2.75, 3.05) is 32.8 Å². The zero-order chi connectivity index (χ0) is 20.6. The average molecular weight is 421 g/mol. The second-order valence-electron chi connectivity index (χ2n) is 6.86. The Labute approximate surface area is 174 Å². The Morgan fingerprint density at radius 3 is 2.38 bits per heavy atom. The molecule has 1 fully saturated rings. The molecule has 1 aromatic heterocycles. The van der Waals surface area contributed by atoms with Gasteiger partial charge in [0.2, 0.25) is 11.8 Å². The summed E-state index contributed by atoms with van der Waals surface area (Å²) in [4.78, 5) is 32.5. The lowest BCUT2D eigenvalue weighted by molar-refractivity contribution is -0.140. The van der Waals surface area contributed by atoms with Gasteiger partial charge in [0, 0.05) is 50.5 Å². The lowest BCUT2D eigenvalue weighted by Gasteiger charge is -2.34. The highest BCUT2D eigenvalue weighted by Crippen LogP contribution is 2.16. The summed E-state index contributed by atoms with van der Waals surface area (Å²) >= 11 is 5.83. The van der Waals surface area contributed by atoms with Gasteiger partial charge >= 0.3 is 0 Å². The molecule has 1 aromatic carbocycles. The Hall–Kier alpha value is -2.61. The van der Waals surface area contributed by atoms with Crippen LogP contribution >= 0.6 is 11.6 Å². The third kappa shape index (κ3) is 6.19. The fourth-order valence-corrected chi connectivity index (χ4v) is 3.19. The number of carbonyl (C=O) groups excluding carboxylic acids is 2. The van der Waals surface area contributed by atoms with Crippen molar-refractivity contribution in [2.45, 2.75) is 32.6 Å². The van der Waals surface area contributed by atoms with Crippen LogP contribution in [-0.4, -0.2) is 64.5 Å². The van der Waals surface area contributed by atoms with Crippen molar-refractivity contribution in [2.24, 2.45) is 0 Å². The molecular weight excluding hydrogens is 396 g/mol. The summed E-state index contributed by atoms with van der Waals surface area (Å²) in [6.07, 6.45) is 2.48. The maximum Gasteiger partial charge on any atom is 0.260 e. The molecule has 9 heteroatoms. The molecule has 1 aliphatic rings. The van der Waals surface area contributed by atoms with Gasteiger partial charge in [-0.3, -0.25) is 9.59 Å². The van der Waals surface area contributed by atoms with Crippen LogP contribution in [0.25, 0.3) is 0 Å². The van der Waals surface area contributed by atoms with E-state index in [0.717, 1.165) is 12.8 Å². The Bertz CT molecular complexity index is 816. The molecule has 8 nitrogen and oxygen atoms in total. The summed E-state index contributed by atoms with van der Waals surface area (Å²) in [6, 6.07) is 6.87. The summed E-state index contributed by atoms with van der Waals surface area (Å²) in [5.74, 6) is 1.71. The molecule has 2 amide bonds. The Morgan fingerprint density at radius 1 is 1.07 bits per heavy atom. The Kier molecular flexibility index (Phi) is 7.46. The zero-order valence-corrected chi connectivity index (χ0v) is 17.2. The van der Waals surface area contributed by atoms with E-state index in [9.17, 15) is 9.59 Å². The number of ether oxygens (including phenoxy) is 1. The third-order valence-corrected chi connectivity index (χ3v) is 4.95. The molecule has 0 bridgehead atoms. The molecule has 0 spiro atoms. The molecule has 0 atom stereocenters. The highest BCUT2D eigenvalue weighted by molar-refractivity contribution is 6.30. The largest absolute Gasteiger partial charge is 0.484 e. The van der Waals surface area contributed by atoms with E-state index in [1.165, 1.54) is 0 Å². The second-order valence-corrected chi connectivity index (χ2v) is 7.29. The van der Waals surface area contributed by atoms with E-state index in [-0.39, 0.29) is 18.4 Å². The molecule has 3 rings (SSSR count). The second kappa shape index (κ2) is 10.2. The number of aromatic nitrogens is 2. The minimum Gasteiger partial charge on any atom is -0.484 e. The molecule has 0 radical (unpaired) electrons. The first kappa shape index (κ1) is 21.1. The van der Waals surface area contributed by atoms with Crippen LogP contribution in [0.3, 0.4) is 0 Å². The maximum absolute atomic E-state index is 12.4. The number of rotatable bonds is 8. The quantitative estimate of drug-likeness (QED) is 0.651. The monoisotopic (exact) mass is 420 g/mol. The molecule has 0 aliphatic carbocycles. The summed E-state index contributed by atoms with van der Waals surface area (Å²) in [5.41, 5.74) is 0. The van der Waals surface area contributed by atoms with Gasteiger partial charge in [-0.2, -0.15) is 4.98 Å². The number of hydrogen-bond acceptors (Lipinski definition) is 6. The van der Waals surface area contributed by atoms with E-state index in [4.69, 9.17) is 20.9 Å². The van der Waals surface area contributed by atoms with E-state index < -0.39 is 0 Å². The van der Waals surface area contributed by atoms with Gasteiger partial charge in [0.05, 0.1) is 0 Å². The minimum absolute atomic E-state index is 0.0322. The highest BCUT2D eigenvalue weighted by Gasteiger charge is 2.24. The summed E-state index contributed by atoms with van der Waals surface area (Å²) in [7, 11) is 0. The predicted molar refractivity (Wildman–Crippen MR) is 107 cm³/mol. The van der Waals surface area contributed by atoms with Gasteiger partial charge in [-0.25, -0.2) is 0 Å². The van der Waals surface area contributed by atoms with Crippen LogP contribution in [0.5, 0.6) is 5.75 Å². The predicted octanol–water partition coefficient (Wildman–Crippen LogP) is 2.36. The molecule has 1 aliphatic heterocycles. The van der Waals surface area contributed by atoms with Gasteiger partial charge in [-0.05, 0) is 30.7 Å². The number of aryl methyl sites for hydroxylation is 2. The standard InChI is InChI=1S/C20H25ClN4O4/c1-2-3-17-22-18(29-23-17)8-9-19(26)24-10-12-25(13-11-24)20(27)14-28-16-6-4-15(21)5-7-16/h4-7H,2-3,8-14H2,1H3. The van der Waals surface area contributed by atoms with Gasteiger partial charge in [-0.1, -0.05) is 23.7 Å². The van der Waals surface area contributed by atoms with Crippen molar-refractivity contribution < 1.29 is 18.8 Å². The van der Waals surface area contributed by atoms with Crippen LogP contribution in [0.2, 0.25) is 5.02 Å². The fraction of sp³-hybridized carbons (Fsp3) is 0.500. The van der Waals surface area contributed by atoms with Crippen LogP contribution in [-0.2, 0) is 22.4 Å². The molecule has 0 unspecified atom stereocenters. The SMILES string of the molecule is CCCc1noc(CCC(=O)N2CCN(C(=O)COc3ccc(Cl)cc3)CC2)n1. The number of carbonyl (C=O) groups is 2. The van der Waals surface area contributed by atoms with E-state index in [2.05, 4.69) is 10.1 Å². The van der Waals surface area contributed by atoms with E-state index >= 15 is 0 Å². The average Bonchev–Trinajstić information content (AvgIpc) is 3.19. The lowest BCUT2D eigenvalue weighted by Crippen LogP contribution is -2.51. The summed E-state index contributed by atoms with van der Waals surface area (Å²) in [6.45, 7) is 4.03. The van der Waals surface area contributed by atoms with Gasteiger partial charge in [0.15, 0.2) is 12.4 Å². The maximum atomic E-state index is 12.4. The number of amides is 2. The summed E-state index contributed by atoms with van der Waals surface area (Å²) in [5, 5.41) is 4.51. The molecule has 1 saturated heterocycles. The van der Waals surface area contributed by atoms with Crippen molar-refractivity contribution in [1.29, 1.82) is 0 Å². The molecular formula is C20H25ClN4O4. The molecule has 2 heterocycles. The first-order valence-electron chi connectivity index (χ1n) is 9.80. The highest BCUT2D eigenvalue weighted by atomic mass is 35.5. The Morgan fingerprint density at radius 2 is 1.72 bits per heavy atom. The van der Waals surface area contributed by atoms with Crippen LogP contribution in [0.4, 0.5) is 0 Å². The molecule has 156 valence electrons. The van der Waals surface area contributed by atoms with Crippen molar-refractivity contribution >= 4 is 23.4 Å². The minimum atomic E-state index is -0.0960. The van der Waals surface area contributed by atoms with E-state index in [1.54, 1.807) is 34.1 Å². The first-order chi connectivity index (χ1) is 14.0. The topological polar surface area (TPSA) is 88.8 Å². The van der Waals surface area contributed by atoms with Crippen molar-refractivity contribution in [3.05, 3.63) is 41.0 Å². The normalized spacial score (nSPS) is 14.1. The van der Waals surface area contributed by atoms with Crippen molar-refractivity contribution in [1.82, 2.24) is 19.9 Å². The molecule has 2 aromatic rings. The lowest BCUT2D eigenvalue weighted by atomic mass is 10.2. The van der Waals surface area contributed by atoms with E-state index in [0.29, 0.717) is 61.5 Å². The van der Waals surface area contributed by atoms with Crippen molar-refractivity contribution in [3.63, 3.8) is 0 Å². The molecule has 29 heavy (non-hydrogen) atoms. The van der Waals surface area contributed by atoms with Crippen LogP contribution in [0.15, 0.2) is 28.8 Å².